The van der Waals surface area contributed by atoms with E-state index in [1.165, 1.54) is 24.3 Å². The van der Waals surface area contributed by atoms with Crippen molar-refractivity contribution in [1.29, 1.82) is 0 Å². The molecule has 0 radical (unpaired) electrons. The molecule has 2 saturated carbocycles. The lowest BCUT2D eigenvalue weighted by Crippen LogP contribution is -2.11. The van der Waals surface area contributed by atoms with Crippen LogP contribution >= 0.6 is 11.3 Å². The molecule has 0 saturated heterocycles. The van der Waals surface area contributed by atoms with E-state index in [-0.39, 0.29) is 0 Å². The number of rotatable bonds is 3. The maximum atomic E-state index is 4.35. The van der Waals surface area contributed by atoms with Crippen molar-refractivity contribution in [3.05, 3.63) is 10.0 Å². The lowest BCUT2D eigenvalue weighted by atomic mass is 10.1. The summed E-state index contributed by atoms with van der Waals surface area (Å²) < 4.78 is 0. The van der Waals surface area contributed by atoms with Crippen molar-refractivity contribution in [2.24, 2.45) is 11.8 Å². The second kappa shape index (κ2) is 3.52. The van der Waals surface area contributed by atoms with Crippen LogP contribution in [0.4, 0.5) is 0 Å². The quantitative estimate of drug-likeness (QED) is 0.854. The second-order valence-electron chi connectivity index (χ2n) is 4.91. The van der Waals surface area contributed by atoms with Crippen molar-refractivity contribution in [1.82, 2.24) is 15.5 Å². The topological polar surface area (TPSA) is 37.8 Å². The van der Waals surface area contributed by atoms with Gasteiger partial charge in [0, 0.05) is 5.92 Å². The van der Waals surface area contributed by atoms with Gasteiger partial charge in [0.1, 0.15) is 10.0 Å². The van der Waals surface area contributed by atoms with Gasteiger partial charge in [-0.05, 0) is 45.1 Å². The first-order valence-electron chi connectivity index (χ1n) is 5.78. The highest BCUT2D eigenvalue weighted by Gasteiger charge is 2.47. The normalized spacial score (nSPS) is 35.2. The molecule has 3 atom stereocenters. The Morgan fingerprint density at radius 2 is 2.00 bits per heavy atom. The summed E-state index contributed by atoms with van der Waals surface area (Å²) in [6.45, 7) is 2.14. The number of hydrogen-bond acceptors (Lipinski definition) is 4. The molecule has 4 heteroatoms. The van der Waals surface area contributed by atoms with Crippen LogP contribution in [0.15, 0.2) is 0 Å². The summed E-state index contributed by atoms with van der Waals surface area (Å²) in [5, 5.41) is 14.2. The van der Waals surface area contributed by atoms with Gasteiger partial charge in [-0.15, -0.1) is 10.2 Å². The van der Waals surface area contributed by atoms with Gasteiger partial charge < -0.3 is 5.32 Å². The van der Waals surface area contributed by atoms with Gasteiger partial charge in [-0.3, -0.25) is 0 Å². The Kier molecular flexibility index (Phi) is 2.29. The van der Waals surface area contributed by atoms with E-state index >= 15 is 0 Å². The number of nitrogens with one attached hydrogen (secondary N) is 1. The van der Waals surface area contributed by atoms with Crippen LogP contribution in [-0.4, -0.2) is 17.2 Å². The van der Waals surface area contributed by atoms with Crippen molar-refractivity contribution in [3.63, 3.8) is 0 Å². The Balaban J connectivity index is 1.73. The Labute approximate surface area is 94.3 Å². The Morgan fingerprint density at radius 3 is 2.67 bits per heavy atom. The average Bonchev–Trinajstić information content (AvgIpc) is 2.75. The molecular formula is C11H17N3S. The maximum Gasteiger partial charge on any atom is 0.134 e. The van der Waals surface area contributed by atoms with Gasteiger partial charge in [0.25, 0.3) is 0 Å². The largest absolute Gasteiger partial charge is 0.311 e. The fraction of sp³-hybridized carbons (Fsp3) is 0.818. The van der Waals surface area contributed by atoms with Gasteiger partial charge in [-0.1, -0.05) is 11.3 Å². The van der Waals surface area contributed by atoms with Crippen molar-refractivity contribution in [3.8, 4) is 0 Å². The minimum atomic E-state index is 0.340. The standard InChI is InChI=1S/C11H17N3S/c1-6(12-2)10-13-14-11(15-10)9-4-7-3-8(7)5-9/h6-9,12H,3-5H2,1-2H3. The van der Waals surface area contributed by atoms with Crippen LogP contribution in [-0.2, 0) is 0 Å². The molecule has 82 valence electrons. The lowest BCUT2D eigenvalue weighted by molar-refractivity contribution is 0.609. The van der Waals surface area contributed by atoms with E-state index in [1.807, 2.05) is 7.05 Å². The molecule has 2 aliphatic rings. The van der Waals surface area contributed by atoms with Crippen molar-refractivity contribution in [2.75, 3.05) is 7.05 Å². The zero-order chi connectivity index (χ0) is 10.4. The molecule has 2 aliphatic carbocycles. The predicted octanol–water partition coefficient (Wildman–Crippen LogP) is 2.33. The second-order valence-corrected chi connectivity index (χ2v) is 5.95. The van der Waals surface area contributed by atoms with Crippen molar-refractivity contribution in [2.45, 2.75) is 38.1 Å². The SMILES string of the molecule is CNC(C)c1nnc(C2CC3CC3C2)s1. The summed E-state index contributed by atoms with van der Waals surface area (Å²) in [7, 11) is 1.97. The molecule has 0 bridgehead atoms. The van der Waals surface area contributed by atoms with Gasteiger partial charge >= 0.3 is 0 Å². The van der Waals surface area contributed by atoms with E-state index in [0.29, 0.717) is 6.04 Å². The molecule has 0 aromatic carbocycles. The Bertz CT molecular complexity index is 352. The molecular weight excluding hydrogens is 206 g/mol. The molecule has 1 aromatic rings. The van der Waals surface area contributed by atoms with Crippen molar-refractivity contribution >= 4 is 11.3 Å². The average molecular weight is 223 g/mol. The predicted molar refractivity (Wildman–Crippen MR) is 61.0 cm³/mol. The Hall–Kier alpha value is -0.480. The van der Waals surface area contributed by atoms with Gasteiger partial charge in [-0.25, -0.2) is 0 Å². The number of fused-ring (bicyclic) bond motifs is 1. The third kappa shape index (κ3) is 1.70. The molecule has 2 fully saturated rings. The van der Waals surface area contributed by atoms with Gasteiger partial charge in [0.05, 0.1) is 6.04 Å². The van der Waals surface area contributed by atoms with E-state index in [4.69, 9.17) is 0 Å². The van der Waals surface area contributed by atoms with Gasteiger partial charge in [0.15, 0.2) is 0 Å². The van der Waals surface area contributed by atoms with Crippen molar-refractivity contribution < 1.29 is 0 Å². The minimum absolute atomic E-state index is 0.340. The fourth-order valence-electron chi connectivity index (χ4n) is 2.63. The lowest BCUT2D eigenvalue weighted by Gasteiger charge is -2.06. The summed E-state index contributed by atoms with van der Waals surface area (Å²) in [5.74, 6) is 2.79. The zero-order valence-electron chi connectivity index (χ0n) is 9.23. The highest BCUT2D eigenvalue weighted by atomic mass is 32.1. The van der Waals surface area contributed by atoms with Gasteiger partial charge in [-0.2, -0.15) is 0 Å². The third-order valence-electron chi connectivity index (χ3n) is 3.85. The van der Waals surface area contributed by atoms with Crippen LogP contribution in [0, 0.1) is 11.8 Å². The van der Waals surface area contributed by atoms with Crippen LogP contribution in [0.3, 0.4) is 0 Å². The monoisotopic (exact) mass is 223 g/mol. The molecule has 3 unspecified atom stereocenters. The summed E-state index contributed by atoms with van der Waals surface area (Å²) in [6, 6.07) is 0.340. The zero-order valence-corrected chi connectivity index (χ0v) is 10.0. The van der Waals surface area contributed by atoms with Crippen LogP contribution in [0.5, 0.6) is 0 Å². The first-order valence-corrected chi connectivity index (χ1v) is 6.60. The van der Waals surface area contributed by atoms with Crippen LogP contribution in [0.25, 0.3) is 0 Å². The minimum Gasteiger partial charge on any atom is -0.311 e. The molecule has 1 heterocycles. The number of nitrogens with zero attached hydrogens (tertiary/aromatic N) is 2. The number of aromatic nitrogens is 2. The van der Waals surface area contributed by atoms with E-state index in [9.17, 15) is 0 Å². The van der Waals surface area contributed by atoms with E-state index in [2.05, 4.69) is 22.4 Å². The van der Waals surface area contributed by atoms with E-state index < -0.39 is 0 Å². The first-order chi connectivity index (χ1) is 7.28. The molecule has 0 amide bonds. The summed E-state index contributed by atoms with van der Waals surface area (Å²) in [5.41, 5.74) is 0. The Morgan fingerprint density at radius 1 is 1.27 bits per heavy atom. The summed E-state index contributed by atoms with van der Waals surface area (Å²) in [4.78, 5) is 0. The molecule has 0 aliphatic heterocycles. The third-order valence-corrected chi connectivity index (χ3v) is 5.12. The molecule has 15 heavy (non-hydrogen) atoms. The molecule has 1 N–H and O–H groups in total. The molecule has 0 spiro atoms. The summed E-state index contributed by atoms with van der Waals surface area (Å²) >= 11 is 1.80. The molecule has 3 nitrogen and oxygen atoms in total. The highest BCUT2D eigenvalue weighted by Crippen LogP contribution is 2.57. The molecule has 1 aromatic heterocycles. The first kappa shape index (κ1) is 9.73. The fourth-order valence-corrected chi connectivity index (χ4v) is 3.66. The maximum absolute atomic E-state index is 4.35. The van der Waals surface area contributed by atoms with Crippen LogP contribution in [0.2, 0.25) is 0 Å². The van der Waals surface area contributed by atoms with Gasteiger partial charge in [0.2, 0.25) is 0 Å². The molecule has 3 rings (SSSR count). The van der Waals surface area contributed by atoms with Crippen LogP contribution < -0.4 is 5.32 Å². The van der Waals surface area contributed by atoms with Crippen LogP contribution in [0.1, 0.15) is 48.2 Å². The highest BCUT2D eigenvalue weighted by molar-refractivity contribution is 7.11. The van der Waals surface area contributed by atoms with E-state index in [0.717, 1.165) is 22.8 Å². The smallest absolute Gasteiger partial charge is 0.134 e. The van der Waals surface area contributed by atoms with E-state index in [1.54, 1.807) is 11.3 Å². The summed E-state index contributed by atoms with van der Waals surface area (Å²) in [6.07, 6.45) is 4.22. The number of hydrogen-bond donors (Lipinski definition) is 1.